The third-order valence-corrected chi connectivity index (χ3v) is 3.71. The van der Waals surface area contributed by atoms with Gasteiger partial charge in [0.25, 0.3) is 5.91 Å². The molecule has 1 aromatic heterocycles. The fourth-order valence-corrected chi connectivity index (χ4v) is 1.90. The molecule has 0 aliphatic carbocycles. The van der Waals surface area contributed by atoms with Crippen LogP contribution in [0.2, 0.25) is 0 Å². The summed E-state index contributed by atoms with van der Waals surface area (Å²) in [5, 5.41) is 5.56. The second-order valence-corrected chi connectivity index (χ2v) is 5.79. The van der Waals surface area contributed by atoms with Gasteiger partial charge in [-0.1, -0.05) is 0 Å². The summed E-state index contributed by atoms with van der Waals surface area (Å²) >= 11 is 0. The molecular weight excluding hydrogens is 268 g/mol. The lowest BCUT2D eigenvalue weighted by Crippen LogP contribution is -2.33. The number of hydrogen-bond acceptors (Lipinski definition) is 5. The Hall–Kier alpha value is -1.67. The lowest BCUT2D eigenvalue weighted by Gasteiger charge is -2.06. The van der Waals surface area contributed by atoms with Gasteiger partial charge in [0.1, 0.15) is 5.69 Å². The molecular formula is C11H18N4O3S. The van der Waals surface area contributed by atoms with Crippen molar-refractivity contribution in [2.24, 2.45) is 0 Å². The van der Waals surface area contributed by atoms with Gasteiger partial charge in [0.05, 0.1) is 17.6 Å². The number of pyridine rings is 1. The van der Waals surface area contributed by atoms with Crippen molar-refractivity contribution in [1.29, 1.82) is 0 Å². The van der Waals surface area contributed by atoms with Gasteiger partial charge >= 0.3 is 0 Å². The fraction of sp³-hybridized carbons (Fsp3) is 0.455. The van der Waals surface area contributed by atoms with Gasteiger partial charge < -0.3 is 10.6 Å². The Morgan fingerprint density at radius 1 is 1.37 bits per heavy atom. The summed E-state index contributed by atoms with van der Waals surface area (Å²) in [4.78, 5) is 15.7. The summed E-state index contributed by atoms with van der Waals surface area (Å²) in [7, 11) is -1.98. The van der Waals surface area contributed by atoms with Crippen LogP contribution in [0.4, 0.5) is 5.69 Å². The van der Waals surface area contributed by atoms with Gasteiger partial charge in [0.15, 0.2) is 0 Å². The number of rotatable bonds is 7. The summed E-state index contributed by atoms with van der Waals surface area (Å²) < 4.78 is 24.5. The van der Waals surface area contributed by atoms with Crippen molar-refractivity contribution in [2.45, 2.75) is 6.92 Å². The molecule has 0 aliphatic rings. The number of carbonyl (C=O) groups excluding carboxylic acids is 1. The molecule has 3 N–H and O–H groups in total. The van der Waals surface area contributed by atoms with Crippen LogP contribution in [0.3, 0.4) is 0 Å². The Kier molecular flexibility index (Phi) is 5.71. The van der Waals surface area contributed by atoms with Crippen molar-refractivity contribution < 1.29 is 13.2 Å². The smallest absolute Gasteiger partial charge is 0.269 e. The number of nitrogens with zero attached hydrogens (tertiary/aromatic N) is 1. The van der Waals surface area contributed by atoms with E-state index in [1.165, 1.54) is 7.05 Å². The molecule has 0 spiro atoms. The SMILES string of the molecule is CCNc1ccc(C(=O)NCCS(=O)(=O)NC)nc1. The molecule has 106 valence electrons. The number of carbonyl (C=O) groups is 1. The Labute approximate surface area is 112 Å². The average molecular weight is 286 g/mol. The summed E-state index contributed by atoms with van der Waals surface area (Å²) in [5.74, 6) is -0.556. The summed E-state index contributed by atoms with van der Waals surface area (Å²) in [5.41, 5.74) is 1.08. The first-order chi connectivity index (χ1) is 8.98. The largest absolute Gasteiger partial charge is 0.384 e. The third kappa shape index (κ3) is 5.23. The standard InChI is InChI=1S/C11H18N4O3S/c1-3-13-9-4-5-10(15-8-9)11(16)14-6-7-19(17,18)12-2/h4-5,8,12-13H,3,6-7H2,1-2H3,(H,14,16). The van der Waals surface area contributed by atoms with Crippen LogP contribution in [0.5, 0.6) is 0 Å². The van der Waals surface area contributed by atoms with Crippen LogP contribution in [0.1, 0.15) is 17.4 Å². The molecule has 0 unspecified atom stereocenters. The van der Waals surface area contributed by atoms with E-state index in [-0.39, 0.29) is 18.0 Å². The summed E-state index contributed by atoms with van der Waals surface area (Å²) in [6.07, 6.45) is 1.56. The highest BCUT2D eigenvalue weighted by molar-refractivity contribution is 7.89. The highest BCUT2D eigenvalue weighted by Gasteiger charge is 2.10. The molecule has 1 heterocycles. The van der Waals surface area contributed by atoms with Crippen molar-refractivity contribution in [1.82, 2.24) is 15.0 Å². The molecule has 0 atom stereocenters. The van der Waals surface area contributed by atoms with E-state index >= 15 is 0 Å². The molecule has 8 heteroatoms. The minimum absolute atomic E-state index is 0.0403. The quantitative estimate of drug-likeness (QED) is 0.644. The van der Waals surface area contributed by atoms with Gasteiger partial charge in [-0.3, -0.25) is 4.79 Å². The van der Waals surface area contributed by atoms with Crippen molar-refractivity contribution in [2.75, 3.05) is 31.2 Å². The molecule has 0 fully saturated rings. The number of anilines is 1. The van der Waals surface area contributed by atoms with Crippen LogP contribution in [0.15, 0.2) is 18.3 Å². The van der Waals surface area contributed by atoms with Crippen molar-refractivity contribution in [3.8, 4) is 0 Å². The van der Waals surface area contributed by atoms with E-state index in [9.17, 15) is 13.2 Å². The van der Waals surface area contributed by atoms with Crippen LogP contribution in [-0.4, -0.2) is 45.2 Å². The Morgan fingerprint density at radius 3 is 2.63 bits per heavy atom. The first-order valence-electron chi connectivity index (χ1n) is 5.88. The molecule has 1 rings (SSSR count). The van der Waals surface area contributed by atoms with Gasteiger partial charge in [-0.2, -0.15) is 0 Å². The van der Waals surface area contributed by atoms with Crippen LogP contribution in [-0.2, 0) is 10.0 Å². The molecule has 19 heavy (non-hydrogen) atoms. The molecule has 0 saturated carbocycles. The zero-order valence-electron chi connectivity index (χ0n) is 10.9. The van der Waals surface area contributed by atoms with Crippen LogP contribution < -0.4 is 15.4 Å². The topological polar surface area (TPSA) is 100 Å². The summed E-state index contributed by atoms with van der Waals surface area (Å²) in [6, 6.07) is 3.33. The monoisotopic (exact) mass is 286 g/mol. The van der Waals surface area contributed by atoms with Crippen molar-refractivity contribution >= 4 is 21.6 Å². The van der Waals surface area contributed by atoms with E-state index in [4.69, 9.17) is 0 Å². The minimum atomic E-state index is -3.31. The molecule has 0 bridgehead atoms. The average Bonchev–Trinajstić information content (AvgIpc) is 2.39. The lowest BCUT2D eigenvalue weighted by molar-refractivity contribution is 0.0951. The Morgan fingerprint density at radius 2 is 2.11 bits per heavy atom. The lowest BCUT2D eigenvalue weighted by atomic mass is 10.3. The predicted molar refractivity (Wildman–Crippen MR) is 73.6 cm³/mol. The molecule has 0 radical (unpaired) electrons. The van der Waals surface area contributed by atoms with E-state index in [1.54, 1.807) is 18.3 Å². The van der Waals surface area contributed by atoms with Crippen molar-refractivity contribution in [3.63, 3.8) is 0 Å². The first kappa shape index (κ1) is 15.4. The van der Waals surface area contributed by atoms with Gasteiger partial charge in [-0.25, -0.2) is 18.1 Å². The van der Waals surface area contributed by atoms with Gasteiger partial charge in [0.2, 0.25) is 10.0 Å². The Balaban J connectivity index is 2.50. The zero-order chi connectivity index (χ0) is 14.3. The van der Waals surface area contributed by atoms with E-state index < -0.39 is 15.9 Å². The van der Waals surface area contributed by atoms with Gasteiger partial charge in [-0.15, -0.1) is 0 Å². The highest BCUT2D eigenvalue weighted by Crippen LogP contribution is 2.05. The minimum Gasteiger partial charge on any atom is -0.384 e. The Bertz CT molecular complexity index is 513. The number of aromatic nitrogens is 1. The molecule has 1 amide bonds. The van der Waals surface area contributed by atoms with E-state index in [0.29, 0.717) is 0 Å². The first-order valence-corrected chi connectivity index (χ1v) is 7.53. The third-order valence-electron chi connectivity index (χ3n) is 2.34. The number of nitrogens with one attached hydrogen (secondary N) is 3. The van der Waals surface area contributed by atoms with Gasteiger partial charge in [0, 0.05) is 13.1 Å². The second-order valence-electron chi connectivity index (χ2n) is 3.74. The molecule has 1 aromatic rings. The number of hydrogen-bond donors (Lipinski definition) is 3. The maximum atomic E-state index is 11.7. The predicted octanol–water partition coefficient (Wildman–Crippen LogP) is -0.208. The van der Waals surface area contributed by atoms with Crippen LogP contribution in [0.25, 0.3) is 0 Å². The fourth-order valence-electron chi connectivity index (χ4n) is 1.33. The highest BCUT2D eigenvalue weighted by atomic mass is 32.2. The van der Waals surface area contributed by atoms with Crippen LogP contribution >= 0.6 is 0 Å². The van der Waals surface area contributed by atoms with Gasteiger partial charge in [-0.05, 0) is 26.1 Å². The van der Waals surface area contributed by atoms with E-state index in [2.05, 4.69) is 20.3 Å². The maximum absolute atomic E-state index is 11.7. The molecule has 0 aliphatic heterocycles. The second kappa shape index (κ2) is 7.05. The number of sulfonamides is 1. The maximum Gasteiger partial charge on any atom is 0.269 e. The number of amides is 1. The summed E-state index contributed by atoms with van der Waals surface area (Å²) in [6.45, 7) is 2.77. The molecule has 7 nitrogen and oxygen atoms in total. The molecule has 0 aromatic carbocycles. The zero-order valence-corrected chi connectivity index (χ0v) is 11.8. The van der Waals surface area contributed by atoms with E-state index in [1.807, 2.05) is 6.92 Å². The van der Waals surface area contributed by atoms with Crippen molar-refractivity contribution in [3.05, 3.63) is 24.0 Å². The normalized spacial score (nSPS) is 11.1. The van der Waals surface area contributed by atoms with Crippen LogP contribution in [0, 0.1) is 0 Å². The van der Waals surface area contributed by atoms with E-state index in [0.717, 1.165) is 12.2 Å². The molecule has 0 saturated heterocycles.